The molecular formula is C8H16N2O2S. The van der Waals surface area contributed by atoms with Crippen LogP contribution in [-0.2, 0) is 4.74 Å². The fraction of sp³-hybridized carbons (Fsp3) is 0.750. The molecule has 0 rings (SSSR count). The second-order valence-electron chi connectivity index (χ2n) is 3.32. The number of amides is 1. The number of hydrogen-bond donors (Lipinski definition) is 1. The molecule has 0 aliphatic rings. The van der Waals surface area contributed by atoms with Crippen molar-refractivity contribution in [2.24, 2.45) is 5.92 Å². The van der Waals surface area contributed by atoms with E-state index in [1.165, 1.54) is 0 Å². The van der Waals surface area contributed by atoms with Crippen LogP contribution < -0.4 is 5.32 Å². The van der Waals surface area contributed by atoms with E-state index in [0.717, 1.165) is 0 Å². The van der Waals surface area contributed by atoms with Crippen molar-refractivity contribution in [2.75, 3.05) is 20.7 Å². The van der Waals surface area contributed by atoms with Crippen LogP contribution in [0.3, 0.4) is 0 Å². The third kappa shape index (κ3) is 6.33. The second-order valence-corrected chi connectivity index (χ2v) is 3.70. The molecule has 0 saturated carbocycles. The van der Waals surface area contributed by atoms with Crippen molar-refractivity contribution < 1.29 is 9.53 Å². The lowest BCUT2D eigenvalue weighted by Crippen LogP contribution is -2.39. The van der Waals surface area contributed by atoms with E-state index >= 15 is 0 Å². The van der Waals surface area contributed by atoms with Gasteiger partial charge in [-0.3, -0.25) is 5.32 Å². The summed E-state index contributed by atoms with van der Waals surface area (Å²) < 4.78 is 4.86. The van der Waals surface area contributed by atoms with Crippen LogP contribution in [0.5, 0.6) is 0 Å². The zero-order valence-corrected chi connectivity index (χ0v) is 9.27. The van der Waals surface area contributed by atoms with E-state index in [-0.39, 0.29) is 0 Å². The molecule has 0 aliphatic carbocycles. The maximum Gasteiger partial charge on any atom is 0.413 e. The fourth-order valence-electron chi connectivity index (χ4n) is 0.478. The van der Waals surface area contributed by atoms with Crippen molar-refractivity contribution in [3.05, 3.63) is 0 Å². The lowest BCUT2D eigenvalue weighted by Gasteiger charge is -2.14. The topological polar surface area (TPSA) is 41.6 Å². The van der Waals surface area contributed by atoms with Crippen molar-refractivity contribution in [3.8, 4) is 0 Å². The van der Waals surface area contributed by atoms with Crippen LogP contribution in [0.4, 0.5) is 4.79 Å². The Labute approximate surface area is 84.2 Å². The summed E-state index contributed by atoms with van der Waals surface area (Å²) in [6.45, 7) is 4.34. The van der Waals surface area contributed by atoms with Crippen molar-refractivity contribution in [1.29, 1.82) is 0 Å². The Morgan fingerprint density at radius 3 is 2.46 bits per heavy atom. The molecule has 0 atom stereocenters. The van der Waals surface area contributed by atoms with Gasteiger partial charge >= 0.3 is 6.09 Å². The highest BCUT2D eigenvalue weighted by molar-refractivity contribution is 7.80. The van der Waals surface area contributed by atoms with Crippen molar-refractivity contribution in [2.45, 2.75) is 13.8 Å². The molecule has 0 bridgehead atoms. The second kappa shape index (κ2) is 5.75. The largest absolute Gasteiger partial charge is 0.449 e. The van der Waals surface area contributed by atoms with Gasteiger partial charge in [0.25, 0.3) is 0 Å². The van der Waals surface area contributed by atoms with Gasteiger partial charge in [0.05, 0.1) is 6.61 Å². The van der Waals surface area contributed by atoms with Crippen LogP contribution in [0.2, 0.25) is 0 Å². The predicted octanol–water partition coefficient (Wildman–Crippen LogP) is 1.22. The Kier molecular flexibility index (Phi) is 5.37. The highest BCUT2D eigenvalue weighted by Crippen LogP contribution is 1.92. The predicted molar refractivity (Wildman–Crippen MR) is 55.6 cm³/mol. The van der Waals surface area contributed by atoms with E-state index < -0.39 is 6.09 Å². The first-order chi connectivity index (χ1) is 5.93. The van der Waals surface area contributed by atoms with Crippen LogP contribution in [0.25, 0.3) is 0 Å². The van der Waals surface area contributed by atoms with Gasteiger partial charge in [0.1, 0.15) is 0 Å². The van der Waals surface area contributed by atoms with Gasteiger partial charge in [0.2, 0.25) is 0 Å². The number of rotatable bonds is 2. The minimum atomic E-state index is -0.493. The Hall–Kier alpha value is -0.840. The first-order valence-corrected chi connectivity index (χ1v) is 4.49. The van der Waals surface area contributed by atoms with Crippen molar-refractivity contribution in [3.63, 3.8) is 0 Å². The Morgan fingerprint density at radius 1 is 1.54 bits per heavy atom. The summed E-state index contributed by atoms with van der Waals surface area (Å²) >= 11 is 4.85. The van der Waals surface area contributed by atoms with Crippen LogP contribution in [0, 0.1) is 5.92 Å². The maximum atomic E-state index is 11.0. The molecule has 0 fully saturated rings. The fourth-order valence-corrected chi connectivity index (χ4v) is 0.561. The molecule has 0 aromatic carbocycles. The van der Waals surface area contributed by atoms with E-state index in [0.29, 0.717) is 17.6 Å². The van der Waals surface area contributed by atoms with Gasteiger partial charge in [0, 0.05) is 14.1 Å². The van der Waals surface area contributed by atoms with Gasteiger partial charge in [-0.15, -0.1) is 0 Å². The number of alkyl carbamates (subject to hydrolysis) is 1. The number of nitrogens with zero attached hydrogens (tertiary/aromatic N) is 1. The molecule has 0 spiro atoms. The molecule has 0 aromatic rings. The molecule has 0 radical (unpaired) electrons. The Balaban J connectivity index is 3.69. The smallest absolute Gasteiger partial charge is 0.413 e. The summed E-state index contributed by atoms with van der Waals surface area (Å²) in [5.74, 6) is 0.332. The molecule has 0 aliphatic heterocycles. The quantitative estimate of drug-likeness (QED) is 0.687. The normalized spacial score (nSPS) is 9.62. The number of carbonyl (C=O) groups excluding carboxylic acids is 1. The van der Waals surface area contributed by atoms with Crippen LogP contribution in [0.1, 0.15) is 13.8 Å². The third-order valence-electron chi connectivity index (χ3n) is 1.16. The summed E-state index contributed by atoms with van der Waals surface area (Å²) in [5.41, 5.74) is 0. The summed E-state index contributed by atoms with van der Waals surface area (Å²) in [5, 5.41) is 2.79. The summed E-state index contributed by atoms with van der Waals surface area (Å²) in [6.07, 6.45) is -0.493. The van der Waals surface area contributed by atoms with Gasteiger partial charge in [-0.1, -0.05) is 13.8 Å². The third-order valence-corrected chi connectivity index (χ3v) is 1.63. The molecule has 0 saturated heterocycles. The standard InChI is InChI=1S/C8H16N2O2S/c1-6(2)5-12-8(11)9-7(13)10(3)4/h6H,5H2,1-4H3,(H,9,11,13). The van der Waals surface area contributed by atoms with Crippen LogP contribution in [0.15, 0.2) is 0 Å². The summed E-state index contributed by atoms with van der Waals surface area (Å²) in [4.78, 5) is 12.6. The van der Waals surface area contributed by atoms with Gasteiger partial charge in [-0.05, 0) is 18.1 Å². The van der Waals surface area contributed by atoms with Crippen molar-refractivity contribution in [1.82, 2.24) is 10.2 Å². The zero-order valence-electron chi connectivity index (χ0n) is 8.46. The van der Waals surface area contributed by atoms with E-state index in [1.54, 1.807) is 19.0 Å². The SMILES string of the molecule is CC(C)COC(=O)NC(=S)N(C)C. The van der Waals surface area contributed by atoms with Gasteiger partial charge in [-0.2, -0.15) is 0 Å². The molecule has 5 heteroatoms. The molecule has 4 nitrogen and oxygen atoms in total. The molecule has 0 aromatic heterocycles. The van der Waals surface area contributed by atoms with E-state index in [4.69, 9.17) is 17.0 Å². The molecule has 1 N–H and O–H groups in total. The number of ether oxygens (including phenoxy) is 1. The van der Waals surface area contributed by atoms with E-state index in [2.05, 4.69) is 5.32 Å². The lowest BCUT2D eigenvalue weighted by atomic mass is 10.2. The first-order valence-electron chi connectivity index (χ1n) is 4.08. The lowest BCUT2D eigenvalue weighted by molar-refractivity contribution is 0.137. The average Bonchev–Trinajstić information content (AvgIpc) is 2.00. The zero-order chi connectivity index (χ0) is 10.4. The molecule has 0 heterocycles. The van der Waals surface area contributed by atoms with Gasteiger partial charge in [-0.25, -0.2) is 4.79 Å². The average molecular weight is 204 g/mol. The first kappa shape index (κ1) is 12.2. The van der Waals surface area contributed by atoms with Gasteiger partial charge < -0.3 is 9.64 Å². The summed E-state index contributed by atoms with van der Waals surface area (Å²) in [6, 6.07) is 0. The monoisotopic (exact) mass is 204 g/mol. The number of nitrogens with one attached hydrogen (secondary N) is 1. The van der Waals surface area contributed by atoms with Crippen LogP contribution in [-0.4, -0.2) is 36.8 Å². The molecule has 1 amide bonds. The highest BCUT2D eigenvalue weighted by atomic mass is 32.1. The highest BCUT2D eigenvalue weighted by Gasteiger charge is 2.06. The Morgan fingerprint density at radius 2 is 2.08 bits per heavy atom. The van der Waals surface area contributed by atoms with E-state index in [1.807, 2.05) is 13.8 Å². The number of hydrogen-bond acceptors (Lipinski definition) is 3. The van der Waals surface area contributed by atoms with Gasteiger partial charge in [0.15, 0.2) is 5.11 Å². The number of carbonyl (C=O) groups is 1. The molecule has 0 unspecified atom stereocenters. The number of thiocarbonyl (C=S) groups is 1. The summed E-state index contributed by atoms with van der Waals surface area (Å²) in [7, 11) is 3.51. The van der Waals surface area contributed by atoms with Crippen molar-refractivity contribution >= 4 is 23.4 Å². The van der Waals surface area contributed by atoms with Crippen LogP contribution >= 0.6 is 12.2 Å². The molecular weight excluding hydrogens is 188 g/mol. The molecule has 76 valence electrons. The minimum absolute atomic E-state index is 0.332. The minimum Gasteiger partial charge on any atom is -0.449 e. The van der Waals surface area contributed by atoms with E-state index in [9.17, 15) is 4.79 Å². The Bertz CT molecular complexity index is 193. The maximum absolute atomic E-state index is 11.0. The molecule has 13 heavy (non-hydrogen) atoms.